The predicted octanol–water partition coefficient (Wildman–Crippen LogP) is 1.79. The molecule has 2 amide bonds. The van der Waals surface area contributed by atoms with Crippen molar-refractivity contribution in [2.45, 2.75) is 51.4 Å². The summed E-state index contributed by atoms with van der Waals surface area (Å²) in [6, 6.07) is 7.33. The quantitative estimate of drug-likeness (QED) is 0.543. The van der Waals surface area contributed by atoms with Crippen LogP contribution < -0.4 is 5.32 Å². The maximum atomic E-state index is 13.4. The number of benzene rings is 1. The summed E-state index contributed by atoms with van der Waals surface area (Å²) in [5.74, 6) is -0.666. The summed E-state index contributed by atoms with van der Waals surface area (Å²) < 4.78 is 2.19. The molecule has 1 fully saturated rings. The molecular weight excluding hydrogens is 511 g/mol. The molecule has 0 aliphatic carbocycles. The summed E-state index contributed by atoms with van der Waals surface area (Å²) in [4.78, 5) is 27.9. The average molecular weight is 536 g/mol. The number of likely N-dealkylation sites (tertiary alicyclic amines) is 1. The fraction of sp³-hybridized carbons (Fsp3) is 0.476. The molecule has 0 radical (unpaired) electrons. The smallest absolute Gasteiger partial charge is 0.248 e. The minimum Gasteiger partial charge on any atom is -0.391 e. The number of nitrogens with zero attached hydrogens (tertiary/aromatic N) is 5. The van der Waals surface area contributed by atoms with Crippen LogP contribution in [0, 0.1) is 20.9 Å². The number of nitriles is 1. The summed E-state index contributed by atoms with van der Waals surface area (Å²) in [5.41, 5.74) is 1.39. The van der Waals surface area contributed by atoms with Crippen LogP contribution in [0.1, 0.15) is 50.4 Å². The van der Waals surface area contributed by atoms with Crippen molar-refractivity contribution >= 4 is 34.4 Å². The molecule has 2 N–H and O–H groups in total. The molecule has 1 aromatic carbocycles. The van der Waals surface area contributed by atoms with Gasteiger partial charge in [0.05, 0.1) is 30.0 Å². The van der Waals surface area contributed by atoms with Gasteiger partial charge < -0.3 is 15.3 Å². The van der Waals surface area contributed by atoms with E-state index in [0.29, 0.717) is 9.26 Å². The number of carbonyl (C=O) groups excluding carboxylic acids is 2. The zero-order valence-corrected chi connectivity index (χ0v) is 19.7. The van der Waals surface area contributed by atoms with Gasteiger partial charge in [-0.25, -0.2) is 4.68 Å². The Morgan fingerprint density at radius 3 is 2.52 bits per heavy atom. The van der Waals surface area contributed by atoms with Gasteiger partial charge in [0.15, 0.2) is 0 Å². The second-order valence-electron chi connectivity index (χ2n) is 8.07. The number of halogens is 1. The number of amides is 2. The molecule has 0 unspecified atom stereocenters. The molecule has 2 aromatic rings. The predicted molar refractivity (Wildman–Crippen MR) is 120 cm³/mol. The number of aliphatic hydroxyl groups excluding tert-OH is 1. The molecule has 1 saturated heterocycles. The van der Waals surface area contributed by atoms with Crippen molar-refractivity contribution < 1.29 is 14.7 Å². The van der Waals surface area contributed by atoms with Crippen LogP contribution in [-0.4, -0.2) is 55.5 Å². The fourth-order valence-electron chi connectivity index (χ4n) is 3.81. The van der Waals surface area contributed by atoms with Crippen molar-refractivity contribution in [1.82, 2.24) is 25.2 Å². The van der Waals surface area contributed by atoms with E-state index in [9.17, 15) is 14.7 Å². The van der Waals surface area contributed by atoms with Crippen molar-refractivity contribution in [2.75, 3.05) is 6.54 Å². The van der Waals surface area contributed by atoms with Crippen LogP contribution in [0.2, 0.25) is 0 Å². The van der Waals surface area contributed by atoms with Crippen LogP contribution in [0.4, 0.5) is 0 Å². The topological polar surface area (TPSA) is 124 Å². The molecule has 10 heteroatoms. The molecule has 0 bridgehead atoms. The van der Waals surface area contributed by atoms with E-state index in [0.717, 1.165) is 5.56 Å². The Kier molecular flexibility index (Phi) is 7.27. The Morgan fingerprint density at radius 2 is 1.97 bits per heavy atom. The highest BCUT2D eigenvalue weighted by molar-refractivity contribution is 14.1. The van der Waals surface area contributed by atoms with Gasteiger partial charge in [0, 0.05) is 13.0 Å². The van der Waals surface area contributed by atoms with Gasteiger partial charge in [0.25, 0.3) is 0 Å². The van der Waals surface area contributed by atoms with Crippen molar-refractivity contribution in [1.29, 1.82) is 5.26 Å². The number of β-amino-alcohol motifs (C(OH)–C–C–N with tert-alkyl or cyclic N) is 1. The van der Waals surface area contributed by atoms with E-state index in [1.165, 1.54) is 9.58 Å². The lowest BCUT2D eigenvalue weighted by atomic mass is 10.0. The number of hydrogen-bond acceptors (Lipinski definition) is 6. The molecule has 1 aromatic heterocycles. The van der Waals surface area contributed by atoms with E-state index >= 15 is 0 Å². The zero-order chi connectivity index (χ0) is 22.7. The normalized spacial score (nSPS) is 20.4. The van der Waals surface area contributed by atoms with Gasteiger partial charge in [-0.1, -0.05) is 31.2 Å². The Bertz CT molecular complexity index is 984. The van der Waals surface area contributed by atoms with Crippen molar-refractivity contribution in [3.63, 3.8) is 0 Å². The highest BCUT2D eigenvalue weighted by Crippen LogP contribution is 2.27. The molecule has 2 heterocycles. The molecule has 164 valence electrons. The van der Waals surface area contributed by atoms with E-state index in [-0.39, 0.29) is 36.7 Å². The van der Waals surface area contributed by atoms with Crippen LogP contribution in [-0.2, 0) is 9.59 Å². The lowest BCUT2D eigenvalue weighted by Crippen LogP contribution is -2.49. The van der Waals surface area contributed by atoms with Gasteiger partial charge in [-0.3, -0.25) is 9.59 Å². The van der Waals surface area contributed by atoms with E-state index in [4.69, 9.17) is 5.26 Å². The number of nitrogens with one attached hydrogen (secondary N) is 1. The fourth-order valence-corrected chi connectivity index (χ4v) is 4.19. The van der Waals surface area contributed by atoms with Crippen LogP contribution in [0.3, 0.4) is 0 Å². The Labute approximate surface area is 194 Å². The first-order valence-corrected chi connectivity index (χ1v) is 11.2. The molecule has 31 heavy (non-hydrogen) atoms. The van der Waals surface area contributed by atoms with Gasteiger partial charge in [0.2, 0.25) is 11.8 Å². The Morgan fingerprint density at radius 1 is 1.29 bits per heavy atom. The standard InChI is InChI=1S/C21H25IN6O3/c1-12(2)19(28-11-18(22)25-26-28)21(31)27-10-16(29)8-17(27)20(30)24-13(3)15-6-4-14(9-23)5-7-15/h4-7,11-13,16-17,19,29H,8,10H2,1-3H3,(H,24,30)/t13-,16+,17-,19-/m0/s1. The van der Waals surface area contributed by atoms with E-state index < -0.39 is 18.2 Å². The molecule has 9 nitrogen and oxygen atoms in total. The summed E-state index contributed by atoms with van der Waals surface area (Å²) in [6.07, 6.45) is 1.10. The summed E-state index contributed by atoms with van der Waals surface area (Å²) in [7, 11) is 0. The zero-order valence-electron chi connectivity index (χ0n) is 17.6. The van der Waals surface area contributed by atoms with Gasteiger partial charge >= 0.3 is 0 Å². The first-order valence-electron chi connectivity index (χ1n) is 10.1. The second kappa shape index (κ2) is 9.74. The van der Waals surface area contributed by atoms with Gasteiger partial charge in [-0.15, -0.1) is 5.10 Å². The maximum Gasteiger partial charge on any atom is 0.248 e. The van der Waals surface area contributed by atoms with Crippen LogP contribution >= 0.6 is 22.6 Å². The van der Waals surface area contributed by atoms with E-state index in [2.05, 4.69) is 21.7 Å². The first kappa shape index (κ1) is 23.1. The summed E-state index contributed by atoms with van der Waals surface area (Å²) in [6.45, 7) is 5.75. The molecule has 1 aliphatic rings. The lowest BCUT2D eigenvalue weighted by Gasteiger charge is -2.30. The molecule has 1 aliphatic heterocycles. The van der Waals surface area contributed by atoms with Crippen LogP contribution in [0.5, 0.6) is 0 Å². The third kappa shape index (κ3) is 5.22. The maximum absolute atomic E-state index is 13.4. The second-order valence-corrected chi connectivity index (χ2v) is 9.18. The Balaban J connectivity index is 1.76. The molecule has 0 spiro atoms. The number of rotatable bonds is 6. The first-order chi connectivity index (χ1) is 14.7. The van der Waals surface area contributed by atoms with E-state index in [1.54, 1.807) is 30.5 Å². The highest BCUT2D eigenvalue weighted by atomic mass is 127. The largest absolute Gasteiger partial charge is 0.391 e. The summed E-state index contributed by atoms with van der Waals surface area (Å²) >= 11 is 2.03. The number of aliphatic hydroxyl groups is 1. The van der Waals surface area contributed by atoms with Crippen molar-refractivity contribution in [3.8, 4) is 6.07 Å². The minimum atomic E-state index is -0.771. The molecule has 0 saturated carbocycles. The number of hydrogen-bond donors (Lipinski definition) is 2. The van der Waals surface area contributed by atoms with Gasteiger partial charge in [-0.2, -0.15) is 5.26 Å². The van der Waals surface area contributed by atoms with Gasteiger partial charge in [-0.05, 0) is 53.1 Å². The Hall–Kier alpha value is -2.52. The molecular formula is C21H25IN6O3. The SMILES string of the molecule is CC(C)[C@@H](C(=O)N1C[C@H](O)C[C@H]1C(=O)N[C@@H](C)c1ccc(C#N)cc1)n1cc(I)nn1. The number of carbonyl (C=O) groups is 2. The summed E-state index contributed by atoms with van der Waals surface area (Å²) in [5, 5.41) is 30.1. The van der Waals surface area contributed by atoms with Gasteiger partial charge in [0.1, 0.15) is 15.8 Å². The number of aromatic nitrogens is 3. The molecule has 4 atom stereocenters. The third-order valence-electron chi connectivity index (χ3n) is 5.42. The van der Waals surface area contributed by atoms with E-state index in [1.807, 2.05) is 43.4 Å². The van der Waals surface area contributed by atoms with Crippen LogP contribution in [0.25, 0.3) is 0 Å². The van der Waals surface area contributed by atoms with Crippen LogP contribution in [0.15, 0.2) is 30.5 Å². The minimum absolute atomic E-state index is 0.0796. The molecule has 3 rings (SSSR count). The average Bonchev–Trinajstić information content (AvgIpc) is 3.33. The van der Waals surface area contributed by atoms with Crippen molar-refractivity contribution in [2.24, 2.45) is 5.92 Å². The lowest BCUT2D eigenvalue weighted by molar-refractivity contribution is -0.142. The van der Waals surface area contributed by atoms with Crippen molar-refractivity contribution in [3.05, 3.63) is 45.3 Å². The monoisotopic (exact) mass is 536 g/mol. The highest BCUT2D eigenvalue weighted by Gasteiger charge is 2.42. The third-order valence-corrected chi connectivity index (χ3v) is 5.91.